The predicted octanol–water partition coefficient (Wildman–Crippen LogP) is 2.33. The van der Waals surface area contributed by atoms with Crippen molar-refractivity contribution in [2.24, 2.45) is 5.73 Å². The summed E-state index contributed by atoms with van der Waals surface area (Å²) in [6, 6.07) is 16.2. The van der Waals surface area contributed by atoms with Gasteiger partial charge >= 0.3 is 0 Å². The molecule has 0 atom stereocenters. The lowest BCUT2D eigenvalue weighted by Crippen LogP contribution is -2.43. The first-order valence-corrected chi connectivity index (χ1v) is 9.57. The number of carbonyl (C=O) groups excluding carboxylic acids is 2. The van der Waals surface area contributed by atoms with E-state index in [1.807, 2.05) is 23.1 Å². The SMILES string of the molecule is NC(=O)c1ccc(CN(CC(=O)N2CCc3ccccc3C2)C2CC2)cc1. The second-order valence-electron chi connectivity index (χ2n) is 7.53. The number of carbonyl (C=O) groups is 2. The highest BCUT2D eigenvalue weighted by molar-refractivity contribution is 5.92. The third kappa shape index (κ3) is 4.19. The van der Waals surface area contributed by atoms with Gasteiger partial charge in [0.1, 0.15) is 0 Å². The van der Waals surface area contributed by atoms with Gasteiger partial charge < -0.3 is 10.6 Å². The van der Waals surface area contributed by atoms with Crippen LogP contribution in [0.5, 0.6) is 0 Å². The molecule has 0 radical (unpaired) electrons. The molecule has 1 heterocycles. The van der Waals surface area contributed by atoms with Crippen molar-refractivity contribution in [2.45, 2.75) is 38.4 Å². The van der Waals surface area contributed by atoms with E-state index in [1.54, 1.807) is 12.1 Å². The van der Waals surface area contributed by atoms with Crippen molar-refractivity contribution >= 4 is 11.8 Å². The summed E-state index contributed by atoms with van der Waals surface area (Å²) in [6.07, 6.45) is 3.23. The molecular weight excluding hydrogens is 338 g/mol. The fourth-order valence-electron chi connectivity index (χ4n) is 3.75. The van der Waals surface area contributed by atoms with E-state index < -0.39 is 5.91 Å². The van der Waals surface area contributed by atoms with Gasteiger partial charge in [-0.3, -0.25) is 14.5 Å². The van der Waals surface area contributed by atoms with Crippen molar-refractivity contribution in [1.82, 2.24) is 9.80 Å². The van der Waals surface area contributed by atoms with Crippen LogP contribution in [0.25, 0.3) is 0 Å². The van der Waals surface area contributed by atoms with Crippen LogP contribution in [0.2, 0.25) is 0 Å². The summed E-state index contributed by atoms with van der Waals surface area (Å²) in [5.41, 5.74) is 9.54. The van der Waals surface area contributed by atoms with Gasteiger partial charge in [-0.1, -0.05) is 36.4 Å². The number of fused-ring (bicyclic) bond motifs is 1. The lowest BCUT2D eigenvalue weighted by atomic mass is 10.00. The van der Waals surface area contributed by atoms with E-state index in [0.717, 1.165) is 37.9 Å². The van der Waals surface area contributed by atoms with Gasteiger partial charge in [0.05, 0.1) is 6.54 Å². The Hall–Kier alpha value is -2.66. The normalized spacial score (nSPS) is 16.3. The third-order valence-electron chi connectivity index (χ3n) is 5.51. The number of benzene rings is 2. The van der Waals surface area contributed by atoms with Crippen molar-refractivity contribution in [3.63, 3.8) is 0 Å². The number of rotatable bonds is 6. The summed E-state index contributed by atoms with van der Waals surface area (Å²) >= 11 is 0. The highest BCUT2D eigenvalue weighted by Gasteiger charge is 2.32. The highest BCUT2D eigenvalue weighted by Crippen LogP contribution is 2.29. The van der Waals surface area contributed by atoms with Gasteiger partial charge in [0.25, 0.3) is 0 Å². The monoisotopic (exact) mass is 363 g/mol. The number of nitrogens with zero attached hydrogens (tertiary/aromatic N) is 2. The molecule has 5 nitrogen and oxygen atoms in total. The van der Waals surface area contributed by atoms with Crippen LogP contribution in [0.4, 0.5) is 0 Å². The minimum Gasteiger partial charge on any atom is -0.366 e. The van der Waals surface area contributed by atoms with E-state index in [-0.39, 0.29) is 5.91 Å². The van der Waals surface area contributed by atoms with Crippen LogP contribution < -0.4 is 5.73 Å². The van der Waals surface area contributed by atoms with Crippen LogP contribution >= 0.6 is 0 Å². The molecule has 2 aromatic carbocycles. The maximum atomic E-state index is 12.9. The van der Waals surface area contributed by atoms with Crippen molar-refractivity contribution in [3.8, 4) is 0 Å². The lowest BCUT2D eigenvalue weighted by Gasteiger charge is -2.31. The van der Waals surface area contributed by atoms with Gasteiger partial charge in [-0.15, -0.1) is 0 Å². The van der Waals surface area contributed by atoms with Crippen LogP contribution in [0.15, 0.2) is 48.5 Å². The molecule has 1 saturated carbocycles. The Kier molecular flexibility index (Phi) is 4.94. The molecule has 0 spiro atoms. The molecular formula is C22H25N3O2. The standard InChI is InChI=1S/C22H25N3O2/c23-22(27)18-7-5-16(6-8-18)13-25(20-9-10-20)15-21(26)24-12-11-17-3-1-2-4-19(17)14-24/h1-8,20H,9-15H2,(H2,23,27). The van der Waals surface area contributed by atoms with Gasteiger partial charge in [0, 0.05) is 31.2 Å². The summed E-state index contributed by atoms with van der Waals surface area (Å²) in [7, 11) is 0. The Morgan fingerprint density at radius 2 is 1.74 bits per heavy atom. The van der Waals surface area contributed by atoms with Crippen molar-refractivity contribution in [3.05, 3.63) is 70.8 Å². The summed E-state index contributed by atoms with van der Waals surface area (Å²) in [6.45, 7) is 2.67. The molecule has 140 valence electrons. The molecule has 1 fully saturated rings. The Morgan fingerprint density at radius 3 is 2.41 bits per heavy atom. The number of hydrogen-bond donors (Lipinski definition) is 1. The molecule has 1 aliphatic heterocycles. The Balaban J connectivity index is 1.40. The van der Waals surface area contributed by atoms with Gasteiger partial charge in [0.2, 0.25) is 11.8 Å². The van der Waals surface area contributed by atoms with E-state index in [0.29, 0.717) is 24.7 Å². The quantitative estimate of drug-likeness (QED) is 0.857. The average Bonchev–Trinajstić information content (AvgIpc) is 3.52. The second-order valence-corrected chi connectivity index (χ2v) is 7.53. The van der Waals surface area contributed by atoms with Crippen LogP contribution in [0, 0.1) is 0 Å². The topological polar surface area (TPSA) is 66.6 Å². The van der Waals surface area contributed by atoms with Gasteiger partial charge in [0.15, 0.2) is 0 Å². The first-order chi connectivity index (χ1) is 13.1. The van der Waals surface area contributed by atoms with Crippen LogP contribution in [-0.4, -0.2) is 40.7 Å². The largest absolute Gasteiger partial charge is 0.366 e. The van der Waals surface area contributed by atoms with E-state index in [2.05, 4.69) is 23.1 Å². The molecule has 2 aromatic rings. The Bertz CT molecular complexity index is 843. The molecule has 5 heteroatoms. The molecule has 4 rings (SSSR count). The van der Waals surface area contributed by atoms with Gasteiger partial charge in [-0.25, -0.2) is 0 Å². The fourth-order valence-corrected chi connectivity index (χ4v) is 3.75. The third-order valence-corrected chi connectivity index (χ3v) is 5.51. The zero-order valence-corrected chi connectivity index (χ0v) is 15.4. The summed E-state index contributed by atoms with van der Waals surface area (Å²) < 4.78 is 0. The van der Waals surface area contributed by atoms with Crippen LogP contribution in [0.3, 0.4) is 0 Å². The van der Waals surface area contributed by atoms with Crippen LogP contribution in [-0.2, 0) is 24.3 Å². The molecule has 0 saturated heterocycles. The minimum atomic E-state index is -0.416. The molecule has 0 bridgehead atoms. The van der Waals surface area contributed by atoms with Gasteiger partial charge in [-0.05, 0) is 48.1 Å². The number of primary amides is 1. The van der Waals surface area contributed by atoms with Crippen molar-refractivity contribution < 1.29 is 9.59 Å². The first kappa shape index (κ1) is 17.7. The number of amides is 2. The van der Waals surface area contributed by atoms with Crippen molar-refractivity contribution in [1.29, 1.82) is 0 Å². The van der Waals surface area contributed by atoms with E-state index in [4.69, 9.17) is 5.73 Å². The van der Waals surface area contributed by atoms with Gasteiger partial charge in [-0.2, -0.15) is 0 Å². The van der Waals surface area contributed by atoms with E-state index in [9.17, 15) is 9.59 Å². The molecule has 2 aliphatic rings. The van der Waals surface area contributed by atoms with E-state index >= 15 is 0 Å². The molecule has 2 amide bonds. The number of nitrogens with two attached hydrogens (primary N) is 1. The fraction of sp³-hybridized carbons (Fsp3) is 0.364. The lowest BCUT2D eigenvalue weighted by molar-refractivity contribution is -0.133. The maximum absolute atomic E-state index is 12.9. The van der Waals surface area contributed by atoms with E-state index in [1.165, 1.54) is 11.1 Å². The summed E-state index contributed by atoms with van der Waals surface area (Å²) in [5, 5.41) is 0. The minimum absolute atomic E-state index is 0.199. The highest BCUT2D eigenvalue weighted by atomic mass is 16.2. The number of hydrogen-bond acceptors (Lipinski definition) is 3. The summed E-state index contributed by atoms with van der Waals surface area (Å²) in [4.78, 5) is 28.4. The molecule has 0 aromatic heterocycles. The zero-order valence-electron chi connectivity index (χ0n) is 15.4. The van der Waals surface area contributed by atoms with Crippen molar-refractivity contribution in [2.75, 3.05) is 13.1 Å². The van der Waals surface area contributed by atoms with Crippen LogP contribution in [0.1, 0.15) is 39.9 Å². The Morgan fingerprint density at radius 1 is 1.04 bits per heavy atom. The molecule has 27 heavy (non-hydrogen) atoms. The summed E-state index contributed by atoms with van der Waals surface area (Å²) in [5.74, 6) is -0.216. The predicted molar refractivity (Wildman–Crippen MR) is 104 cm³/mol. The Labute approximate surface area is 159 Å². The average molecular weight is 363 g/mol. The first-order valence-electron chi connectivity index (χ1n) is 9.57. The maximum Gasteiger partial charge on any atom is 0.248 e. The molecule has 2 N–H and O–H groups in total. The molecule has 0 unspecified atom stereocenters. The smallest absolute Gasteiger partial charge is 0.248 e. The second kappa shape index (κ2) is 7.53. The zero-order chi connectivity index (χ0) is 18.8. The molecule has 1 aliphatic carbocycles.